The number of benzene rings is 1. The Balaban J connectivity index is 1.83. The maximum Gasteiger partial charge on any atom is 0.260 e. The second-order valence-corrected chi connectivity index (χ2v) is 8.66. The van der Waals surface area contributed by atoms with Crippen LogP contribution in [0.25, 0.3) is 11.1 Å². The molecule has 11 heteroatoms. The average molecular weight is 473 g/mol. The number of nitrogens with one attached hydrogen (secondary N) is 2. The number of amides is 1. The van der Waals surface area contributed by atoms with Crippen LogP contribution >= 0.6 is 11.6 Å². The van der Waals surface area contributed by atoms with Gasteiger partial charge in [-0.3, -0.25) is 14.2 Å². The van der Waals surface area contributed by atoms with Gasteiger partial charge in [0.1, 0.15) is 29.3 Å². The van der Waals surface area contributed by atoms with Crippen molar-refractivity contribution in [2.45, 2.75) is 26.0 Å². The number of hydrogen-bond donors (Lipinski definition) is 3. The quantitative estimate of drug-likeness (QED) is 0.523. The van der Waals surface area contributed by atoms with Crippen LogP contribution in [0.2, 0.25) is 5.02 Å². The number of carbonyl (C=O) groups excluding carboxylic acids is 1. The fourth-order valence-electron chi connectivity index (χ4n) is 3.55. The minimum Gasteiger partial charge on any atom is -0.381 e. The molecule has 1 amide bonds. The summed E-state index contributed by atoms with van der Waals surface area (Å²) in [7, 11) is 1.83. The monoisotopic (exact) mass is 472 g/mol. The van der Waals surface area contributed by atoms with Crippen LogP contribution in [-0.4, -0.2) is 44.7 Å². The van der Waals surface area contributed by atoms with Crippen LogP contribution in [-0.2, 0) is 11.3 Å². The van der Waals surface area contributed by atoms with Crippen molar-refractivity contribution in [2.24, 2.45) is 0 Å². The molecule has 0 saturated heterocycles. The van der Waals surface area contributed by atoms with E-state index in [0.29, 0.717) is 29.6 Å². The molecule has 4 rings (SSSR count). The number of aromatic nitrogens is 3. The number of carbonyl (C=O) groups is 1. The second kappa shape index (κ2) is 8.45. The van der Waals surface area contributed by atoms with E-state index in [1.54, 1.807) is 4.57 Å². The summed E-state index contributed by atoms with van der Waals surface area (Å²) in [4.78, 5) is 35.5. The number of nitrogens with zero attached hydrogens (tertiary/aromatic N) is 4. The van der Waals surface area contributed by atoms with E-state index in [-0.39, 0.29) is 28.2 Å². The van der Waals surface area contributed by atoms with Crippen LogP contribution in [0.15, 0.2) is 41.6 Å². The van der Waals surface area contributed by atoms with Crippen LogP contribution < -0.4 is 21.1 Å². The van der Waals surface area contributed by atoms with Gasteiger partial charge in [0.05, 0.1) is 17.4 Å². The van der Waals surface area contributed by atoms with E-state index in [4.69, 9.17) is 11.6 Å². The first kappa shape index (κ1) is 22.7. The Morgan fingerprint density at radius 3 is 2.70 bits per heavy atom. The van der Waals surface area contributed by atoms with Gasteiger partial charge in [-0.15, -0.1) is 0 Å². The van der Waals surface area contributed by atoms with Crippen LogP contribution in [0.3, 0.4) is 0 Å². The molecule has 33 heavy (non-hydrogen) atoms. The standard InChI is InChI=1S/C22H22ClFN6O3/c1-22(2,33)21(32)28-17-10-25-11-26-18(17)27-16-9-14(13-8-12(23)4-5-15(13)24)20(31)30-7-6-29(3)19(16)30/h4-5,8-11,33H,6-7H2,1-3H3,(H,28,32)(H,25,26,27). The van der Waals surface area contributed by atoms with E-state index in [9.17, 15) is 19.1 Å². The molecule has 3 aromatic rings. The molecule has 0 atom stereocenters. The summed E-state index contributed by atoms with van der Waals surface area (Å²) in [5.74, 6) is -0.394. The van der Waals surface area contributed by atoms with Gasteiger partial charge in [0.2, 0.25) is 0 Å². The Kier molecular flexibility index (Phi) is 5.81. The van der Waals surface area contributed by atoms with Crippen LogP contribution in [0.5, 0.6) is 0 Å². The van der Waals surface area contributed by atoms with Crippen LogP contribution in [0, 0.1) is 5.82 Å². The van der Waals surface area contributed by atoms with Gasteiger partial charge in [-0.05, 0) is 38.1 Å². The van der Waals surface area contributed by atoms with Crippen molar-refractivity contribution in [3.05, 3.63) is 58.0 Å². The lowest BCUT2D eigenvalue weighted by Crippen LogP contribution is -2.36. The second-order valence-electron chi connectivity index (χ2n) is 8.22. The molecular formula is C22H22ClFN6O3. The number of pyridine rings is 1. The molecule has 3 N–H and O–H groups in total. The molecule has 0 bridgehead atoms. The Hall–Kier alpha value is -3.50. The molecule has 0 fully saturated rings. The molecule has 1 aromatic carbocycles. The molecule has 0 unspecified atom stereocenters. The summed E-state index contributed by atoms with van der Waals surface area (Å²) in [6, 6.07) is 5.57. The van der Waals surface area contributed by atoms with Crippen molar-refractivity contribution in [2.75, 3.05) is 29.1 Å². The molecule has 0 spiro atoms. The van der Waals surface area contributed by atoms with E-state index in [1.807, 2.05) is 11.9 Å². The third-order valence-corrected chi connectivity index (χ3v) is 5.50. The van der Waals surface area contributed by atoms with Gasteiger partial charge in [-0.2, -0.15) is 0 Å². The van der Waals surface area contributed by atoms with E-state index < -0.39 is 17.3 Å². The average Bonchev–Trinajstić information content (AvgIpc) is 3.15. The Labute approximate surface area is 193 Å². The Morgan fingerprint density at radius 2 is 1.97 bits per heavy atom. The maximum atomic E-state index is 14.6. The van der Waals surface area contributed by atoms with Crippen molar-refractivity contribution in [1.29, 1.82) is 0 Å². The highest BCUT2D eigenvalue weighted by Crippen LogP contribution is 2.35. The first-order chi connectivity index (χ1) is 15.6. The van der Waals surface area contributed by atoms with E-state index in [2.05, 4.69) is 20.6 Å². The van der Waals surface area contributed by atoms with Gasteiger partial charge in [-0.25, -0.2) is 14.4 Å². The molecule has 2 aromatic heterocycles. The summed E-state index contributed by atoms with van der Waals surface area (Å²) >= 11 is 6.06. The molecule has 0 aliphatic carbocycles. The number of hydrogen-bond acceptors (Lipinski definition) is 7. The fraction of sp³-hybridized carbons (Fsp3) is 0.273. The molecule has 1 aliphatic heterocycles. The van der Waals surface area contributed by atoms with Crippen molar-refractivity contribution in [3.8, 4) is 11.1 Å². The van der Waals surface area contributed by atoms with Gasteiger partial charge >= 0.3 is 0 Å². The van der Waals surface area contributed by atoms with Crippen molar-refractivity contribution in [1.82, 2.24) is 14.5 Å². The van der Waals surface area contributed by atoms with E-state index >= 15 is 0 Å². The number of fused-ring (bicyclic) bond motifs is 1. The minimum atomic E-state index is -1.62. The predicted octanol–water partition coefficient (Wildman–Crippen LogP) is 3.00. The lowest BCUT2D eigenvalue weighted by Gasteiger charge is -2.21. The summed E-state index contributed by atoms with van der Waals surface area (Å²) in [5.41, 5.74) is -1.05. The third kappa shape index (κ3) is 4.39. The molecule has 172 valence electrons. The third-order valence-electron chi connectivity index (χ3n) is 5.27. The number of likely N-dealkylation sites (N-methyl/N-ethyl adjacent to an activating group) is 1. The number of anilines is 4. The number of halogens is 2. The smallest absolute Gasteiger partial charge is 0.260 e. The van der Waals surface area contributed by atoms with Gasteiger partial charge < -0.3 is 20.6 Å². The van der Waals surface area contributed by atoms with Crippen LogP contribution in [0.1, 0.15) is 13.8 Å². The summed E-state index contributed by atoms with van der Waals surface area (Å²) in [6.07, 6.45) is 2.67. The molecule has 1 aliphatic rings. The van der Waals surface area contributed by atoms with E-state index in [1.165, 1.54) is 50.6 Å². The lowest BCUT2D eigenvalue weighted by molar-refractivity contribution is -0.130. The topological polar surface area (TPSA) is 112 Å². The molecule has 0 radical (unpaired) electrons. The summed E-state index contributed by atoms with van der Waals surface area (Å²) in [5, 5.41) is 16.0. The largest absolute Gasteiger partial charge is 0.381 e. The number of rotatable bonds is 5. The van der Waals surface area contributed by atoms with Crippen molar-refractivity contribution >= 4 is 40.5 Å². The fourth-order valence-corrected chi connectivity index (χ4v) is 3.72. The Bertz CT molecular complexity index is 1300. The SMILES string of the molecule is CN1CCn2c1c(Nc1ncncc1NC(=O)C(C)(C)O)cc(-c1cc(Cl)ccc1F)c2=O. The summed E-state index contributed by atoms with van der Waals surface area (Å²) < 4.78 is 16.2. The normalized spacial score (nSPS) is 13.1. The zero-order chi connectivity index (χ0) is 23.9. The molecular weight excluding hydrogens is 451 g/mol. The van der Waals surface area contributed by atoms with Gasteiger partial charge in [0.25, 0.3) is 11.5 Å². The lowest BCUT2D eigenvalue weighted by atomic mass is 10.1. The highest BCUT2D eigenvalue weighted by molar-refractivity contribution is 6.30. The van der Waals surface area contributed by atoms with E-state index in [0.717, 1.165) is 0 Å². The minimum absolute atomic E-state index is 0.0821. The zero-order valence-corrected chi connectivity index (χ0v) is 18.9. The summed E-state index contributed by atoms with van der Waals surface area (Å²) in [6.45, 7) is 3.71. The van der Waals surface area contributed by atoms with Gasteiger partial charge in [0.15, 0.2) is 5.82 Å². The first-order valence-electron chi connectivity index (χ1n) is 10.1. The van der Waals surface area contributed by atoms with Crippen molar-refractivity contribution < 1.29 is 14.3 Å². The van der Waals surface area contributed by atoms with Gasteiger partial charge in [0, 0.05) is 30.7 Å². The predicted molar refractivity (Wildman–Crippen MR) is 125 cm³/mol. The number of aliphatic hydroxyl groups is 1. The zero-order valence-electron chi connectivity index (χ0n) is 18.2. The molecule has 3 heterocycles. The van der Waals surface area contributed by atoms with Crippen molar-refractivity contribution in [3.63, 3.8) is 0 Å². The Morgan fingerprint density at radius 1 is 1.21 bits per heavy atom. The van der Waals surface area contributed by atoms with Gasteiger partial charge in [-0.1, -0.05) is 11.6 Å². The first-order valence-corrected chi connectivity index (χ1v) is 10.5. The molecule has 0 saturated carbocycles. The maximum absolute atomic E-state index is 14.6. The highest BCUT2D eigenvalue weighted by Gasteiger charge is 2.27. The highest BCUT2D eigenvalue weighted by atomic mass is 35.5. The molecule has 9 nitrogen and oxygen atoms in total. The van der Waals surface area contributed by atoms with Crippen LogP contribution in [0.4, 0.5) is 27.4 Å².